The van der Waals surface area contributed by atoms with Crippen molar-refractivity contribution in [2.75, 3.05) is 0 Å². The average Bonchev–Trinajstić information content (AvgIpc) is 2.69. The number of alkyl halides is 3. The lowest BCUT2D eigenvalue weighted by Crippen LogP contribution is -2.17. The third-order valence-corrected chi connectivity index (χ3v) is 2.58. The van der Waals surface area contributed by atoms with Gasteiger partial charge in [-0.1, -0.05) is 12.1 Å². The molecule has 0 aliphatic carbocycles. The van der Waals surface area contributed by atoms with Crippen LogP contribution in [0.4, 0.5) is 13.2 Å². The van der Waals surface area contributed by atoms with E-state index in [1.54, 1.807) is 17.5 Å². The number of benzene rings is 1. The molecular weight excluding hydrogens is 239 g/mol. The van der Waals surface area contributed by atoms with E-state index in [9.17, 15) is 13.2 Å². The second kappa shape index (κ2) is 4.13. The van der Waals surface area contributed by atoms with Gasteiger partial charge in [0.15, 0.2) is 0 Å². The van der Waals surface area contributed by atoms with Crippen molar-refractivity contribution in [3.8, 4) is 16.3 Å². The number of aromatic nitrogens is 1. The third-order valence-electron chi connectivity index (χ3n) is 1.78. The molecule has 84 valence electrons. The Kier molecular flexibility index (Phi) is 2.82. The number of hydrogen-bond donors (Lipinski definition) is 0. The first-order valence-electron chi connectivity index (χ1n) is 4.31. The lowest BCUT2D eigenvalue weighted by atomic mass is 10.2. The van der Waals surface area contributed by atoms with Crippen molar-refractivity contribution < 1.29 is 17.9 Å². The average molecular weight is 245 g/mol. The number of hydrogen-bond acceptors (Lipinski definition) is 3. The minimum absolute atomic E-state index is 0.232. The molecule has 0 atom stereocenters. The Bertz CT molecular complexity index is 467. The van der Waals surface area contributed by atoms with E-state index in [1.807, 2.05) is 0 Å². The molecule has 0 aliphatic rings. The fraction of sp³-hybridized carbons (Fsp3) is 0.100. The molecule has 0 saturated carbocycles. The van der Waals surface area contributed by atoms with Crippen molar-refractivity contribution >= 4 is 11.3 Å². The van der Waals surface area contributed by atoms with Gasteiger partial charge in [-0.2, -0.15) is 0 Å². The molecule has 2 rings (SSSR count). The highest BCUT2D eigenvalue weighted by atomic mass is 32.1. The molecule has 0 fully saturated rings. The van der Waals surface area contributed by atoms with Crippen molar-refractivity contribution in [1.82, 2.24) is 4.98 Å². The van der Waals surface area contributed by atoms with Gasteiger partial charge in [0.2, 0.25) is 0 Å². The molecule has 1 heterocycles. The van der Waals surface area contributed by atoms with E-state index < -0.39 is 6.36 Å². The molecule has 1 aromatic heterocycles. The summed E-state index contributed by atoms with van der Waals surface area (Å²) in [5, 5.41) is 2.19. The van der Waals surface area contributed by atoms with Gasteiger partial charge < -0.3 is 4.74 Å². The van der Waals surface area contributed by atoms with Gasteiger partial charge in [0.05, 0.1) is 5.56 Å². The number of rotatable bonds is 2. The Labute approximate surface area is 93.3 Å². The van der Waals surface area contributed by atoms with Gasteiger partial charge in [0.1, 0.15) is 10.8 Å². The van der Waals surface area contributed by atoms with Crippen LogP contribution in [-0.4, -0.2) is 11.3 Å². The summed E-state index contributed by atoms with van der Waals surface area (Å²) in [4.78, 5) is 3.95. The van der Waals surface area contributed by atoms with Crippen LogP contribution in [0.15, 0.2) is 35.8 Å². The van der Waals surface area contributed by atoms with Crippen LogP contribution in [0, 0.1) is 0 Å². The van der Waals surface area contributed by atoms with E-state index in [2.05, 4.69) is 9.72 Å². The second-order valence-corrected chi connectivity index (χ2v) is 3.78. The molecular formula is C10H6F3NOS. The van der Waals surface area contributed by atoms with Gasteiger partial charge in [-0.15, -0.1) is 24.5 Å². The Morgan fingerprint density at radius 2 is 1.94 bits per heavy atom. The van der Waals surface area contributed by atoms with Crippen LogP contribution in [-0.2, 0) is 0 Å². The SMILES string of the molecule is FC(F)(F)Oc1ccccc1-c1nccs1. The monoisotopic (exact) mass is 245 g/mol. The molecule has 0 aliphatic heterocycles. The summed E-state index contributed by atoms with van der Waals surface area (Å²) >= 11 is 1.26. The lowest BCUT2D eigenvalue weighted by Gasteiger charge is -2.11. The van der Waals surface area contributed by atoms with Crippen LogP contribution < -0.4 is 4.74 Å². The quantitative estimate of drug-likeness (QED) is 0.804. The standard InChI is InChI=1S/C10H6F3NOS/c11-10(12,13)15-8-4-2-1-3-7(8)9-14-5-6-16-9/h1-6H. The fourth-order valence-corrected chi connectivity index (χ4v) is 1.88. The summed E-state index contributed by atoms with van der Waals surface area (Å²) in [6.45, 7) is 0. The van der Waals surface area contributed by atoms with Crippen molar-refractivity contribution in [2.45, 2.75) is 6.36 Å². The molecule has 1 aromatic carbocycles. The molecule has 0 amide bonds. The summed E-state index contributed by atoms with van der Waals surface area (Å²) in [6, 6.07) is 5.93. The van der Waals surface area contributed by atoms with E-state index in [-0.39, 0.29) is 5.75 Å². The summed E-state index contributed by atoms with van der Waals surface area (Å²) in [6.07, 6.45) is -3.16. The molecule has 0 N–H and O–H groups in total. The first-order valence-corrected chi connectivity index (χ1v) is 5.19. The van der Waals surface area contributed by atoms with Crippen molar-refractivity contribution in [1.29, 1.82) is 0 Å². The van der Waals surface area contributed by atoms with Crippen LogP contribution in [0.2, 0.25) is 0 Å². The maximum atomic E-state index is 12.1. The summed E-state index contributed by atoms with van der Waals surface area (Å²) < 4.78 is 40.3. The molecule has 2 aromatic rings. The first kappa shape index (κ1) is 10.9. The summed E-state index contributed by atoms with van der Waals surface area (Å²) in [7, 11) is 0. The van der Waals surface area contributed by atoms with Gasteiger partial charge in [0, 0.05) is 11.6 Å². The second-order valence-electron chi connectivity index (χ2n) is 2.88. The highest BCUT2D eigenvalue weighted by Crippen LogP contribution is 2.34. The topological polar surface area (TPSA) is 22.1 Å². The zero-order valence-corrected chi connectivity index (χ0v) is 8.68. The Morgan fingerprint density at radius 1 is 1.19 bits per heavy atom. The Balaban J connectivity index is 2.39. The van der Waals surface area contributed by atoms with Crippen LogP contribution in [0.5, 0.6) is 5.75 Å². The van der Waals surface area contributed by atoms with E-state index in [4.69, 9.17) is 0 Å². The van der Waals surface area contributed by atoms with Gasteiger partial charge in [-0.05, 0) is 12.1 Å². The van der Waals surface area contributed by atoms with Crippen molar-refractivity contribution in [3.63, 3.8) is 0 Å². The van der Waals surface area contributed by atoms with E-state index >= 15 is 0 Å². The maximum Gasteiger partial charge on any atom is 0.573 e. The van der Waals surface area contributed by atoms with E-state index in [1.165, 1.54) is 29.7 Å². The zero-order valence-electron chi connectivity index (χ0n) is 7.86. The molecule has 0 saturated heterocycles. The zero-order chi connectivity index (χ0) is 11.6. The third kappa shape index (κ3) is 2.52. The maximum absolute atomic E-state index is 12.1. The predicted octanol–water partition coefficient (Wildman–Crippen LogP) is 3.71. The molecule has 2 nitrogen and oxygen atoms in total. The van der Waals surface area contributed by atoms with E-state index in [0.717, 1.165) is 0 Å². The first-order chi connectivity index (χ1) is 7.56. The van der Waals surface area contributed by atoms with Crippen LogP contribution in [0.1, 0.15) is 0 Å². The minimum atomic E-state index is -4.69. The minimum Gasteiger partial charge on any atom is -0.405 e. The number of halogens is 3. The Hall–Kier alpha value is -1.56. The number of ether oxygens (including phenoxy) is 1. The lowest BCUT2D eigenvalue weighted by molar-refractivity contribution is -0.274. The normalized spacial score (nSPS) is 11.4. The molecule has 16 heavy (non-hydrogen) atoms. The van der Waals surface area contributed by atoms with Gasteiger partial charge >= 0.3 is 6.36 Å². The van der Waals surface area contributed by atoms with Crippen molar-refractivity contribution in [2.24, 2.45) is 0 Å². The largest absolute Gasteiger partial charge is 0.573 e. The van der Waals surface area contributed by atoms with Crippen molar-refractivity contribution in [3.05, 3.63) is 35.8 Å². The van der Waals surface area contributed by atoms with Gasteiger partial charge in [-0.3, -0.25) is 0 Å². The summed E-state index contributed by atoms with van der Waals surface area (Å²) in [5.41, 5.74) is 0.342. The number of thiazole rings is 1. The smallest absolute Gasteiger partial charge is 0.405 e. The predicted molar refractivity (Wildman–Crippen MR) is 54.2 cm³/mol. The number of nitrogens with zero attached hydrogens (tertiary/aromatic N) is 1. The molecule has 0 unspecified atom stereocenters. The van der Waals surface area contributed by atoms with Crippen LogP contribution in [0.25, 0.3) is 10.6 Å². The molecule has 0 bridgehead atoms. The highest BCUT2D eigenvalue weighted by molar-refractivity contribution is 7.13. The summed E-state index contributed by atoms with van der Waals surface area (Å²) in [5.74, 6) is -0.232. The van der Waals surface area contributed by atoms with Crippen LogP contribution in [0.3, 0.4) is 0 Å². The molecule has 0 radical (unpaired) electrons. The van der Waals surface area contributed by atoms with E-state index in [0.29, 0.717) is 10.6 Å². The Morgan fingerprint density at radius 3 is 2.56 bits per heavy atom. The van der Waals surface area contributed by atoms with Gasteiger partial charge in [0.25, 0.3) is 0 Å². The molecule has 6 heteroatoms. The molecule has 0 spiro atoms. The fourth-order valence-electron chi connectivity index (χ4n) is 1.21. The number of para-hydroxylation sites is 1. The van der Waals surface area contributed by atoms with Gasteiger partial charge in [-0.25, -0.2) is 4.98 Å². The highest BCUT2D eigenvalue weighted by Gasteiger charge is 2.32. The van der Waals surface area contributed by atoms with Crippen LogP contribution >= 0.6 is 11.3 Å².